The summed E-state index contributed by atoms with van der Waals surface area (Å²) < 4.78 is 5.34. The van der Waals surface area contributed by atoms with E-state index in [0.29, 0.717) is 31.1 Å². The first-order chi connectivity index (χ1) is 10.5. The number of amides is 1. The van der Waals surface area contributed by atoms with Gasteiger partial charge in [0, 0.05) is 12.0 Å². The summed E-state index contributed by atoms with van der Waals surface area (Å²) in [6, 6.07) is 7.17. The summed E-state index contributed by atoms with van der Waals surface area (Å²) in [7, 11) is 0. The van der Waals surface area contributed by atoms with Gasteiger partial charge in [-0.1, -0.05) is 18.2 Å². The largest absolute Gasteiger partial charge is 0.375 e. The van der Waals surface area contributed by atoms with E-state index in [0.717, 1.165) is 13.1 Å². The number of para-hydroxylation sites is 1. The summed E-state index contributed by atoms with van der Waals surface area (Å²) >= 11 is 0. The molecule has 1 aromatic rings. The van der Waals surface area contributed by atoms with Gasteiger partial charge in [0.25, 0.3) is 5.91 Å². The highest BCUT2D eigenvalue weighted by molar-refractivity contribution is 6.08. The molecule has 0 aliphatic carbocycles. The van der Waals surface area contributed by atoms with Crippen LogP contribution in [0.1, 0.15) is 18.9 Å². The zero-order valence-electron chi connectivity index (χ0n) is 12.7. The Balaban J connectivity index is 1.91. The van der Waals surface area contributed by atoms with Crippen molar-refractivity contribution in [2.24, 2.45) is 0 Å². The number of anilines is 1. The van der Waals surface area contributed by atoms with E-state index in [1.165, 1.54) is 11.8 Å². The normalized spacial score (nSPS) is 25.4. The molecule has 3 rings (SSSR count). The highest BCUT2D eigenvalue weighted by atomic mass is 16.5. The number of nitrogens with zero attached hydrogens (tertiary/aromatic N) is 1. The van der Waals surface area contributed by atoms with Gasteiger partial charge in [0.05, 0.1) is 18.9 Å². The number of fused-ring (bicyclic) bond motifs is 1. The SMILES string of the molecule is CC(=O)CC1(O)C(=O)N(C[NH+]2CCOCC2)c2ccccc21. The number of hydrogen-bond acceptors (Lipinski definition) is 4. The Bertz CT molecular complexity index is 598. The molecule has 2 N–H and O–H groups in total. The minimum absolute atomic E-state index is 0.183. The predicted octanol–water partition coefficient (Wildman–Crippen LogP) is -0.927. The number of quaternary nitrogens is 1. The molecule has 0 radical (unpaired) electrons. The quantitative estimate of drug-likeness (QED) is 0.754. The molecule has 1 fully saturated rings. The second-order valence-electron chi connectivity index (χ2n) is 6.01. The van der Waals surface area contributed by atoms with Crippen LogP contribution >= 0.6 is 0 Å². The zero-order chi connectivity index (χ0) is 15.7. The lowest BCUT2D eigenvalue weighted by molar-refractivity contribution is -0.906. The van der Waals surface area contributed by atoms with Crippen molar-refractivity contribution < 1.29 is 24.3 Å². The smallest absolute Gasteiger partial charge is 0.268 e. The van der Waals surface area contributed by atoms with Crippen LogP contribution in [0.2, 0.25) is 0 Å². The topological polar surface area (TPSA) is 71.3 Å². The van der Waals surface area contributed by atoms with Gasteiger partial charge < -0.3 is 14.7 Å². The fraction of sp³-hybridized carbons (Fsp3) is 0.500. The average molecular weight is 305 g/mol. The number of hydrogen-bond donors (Lipinski definition) is 2. The number of benzene rings is 1. The lowest BCUT2D eigenvalue weighted by Crippen LogP contribution is -3.15. The monoisotopic (exact) mass is 305 g/mol. The summed E-state index contributed by atoms with van der Waals surface area (Å²) in [5.74, 6) is -0.603. The molecule has 118 valence electrons. The van der Waals surface area contributed by atoms with Gasteiger partial charge in [-0.2, -0.15) is 0 Å². The van der Waals surface area contributed by atoms with Crippen LogP contribution in [0.3, 0.4) is 0 Å². The Morgan fingerprint density at radius 1 is 1.36 bits per heavy atom. The summed E-state index contributed by atoms with van der Waals surface area (Å²) in [6.07, 6.45) is -0.183. The van der Waals surface area contributed by atoms with Crippen molar-refractivity contribution in [1.82, 2.24) is 0 Å². The van der Waals surface area contributed by atoms with Crippen LogP contribution in [-0.2, 0) is 19.9 Å². The lowest BCUT2D eigenvalue weighted by atomic mass is 9.90. The summed E-state index contributed by atoms with van der Waals surface area (Å²) in [4.78, 5) is 27.1. The van der Waals surface area contributed by atoms with Gasteiger partial charge in [-0.05, 0) is 13.0 Å². The molecule has 2 aliphatic rings. The van der Waals surface area contributed by atoms with Crippen molar-refractivity contribution in [3.63, 3.8) is 0 Å². The third-order valence-electron chi connectivity index (χ3n) is 4.33. The van der Waals surface area contributed by atoms with Crippen LogP contribution in [0.15, 0.2) is 24.3 Å². The number of Topliss-reactive ketones (excluding diaryl/α,β-unsaturated/α-hetero) is 1. The van der Waals surface area contributed by atoms with E-state index in [-0.39, 0.29) is 12.2 Å². The van der Waals surface area contributed by atoms with Gasteiger partial charge in [-0.15, -0.1) is 0 Å². The van der Waals surface area contributed by atoms with Gasteiger partial charge in [-0.25, -0.2) is 0 Å². The number of morpholine rings is 1. The second-order valence-corrected chi connectivity index (χ2v) is 6.01. The average Bonchev–Trinajstić information content (AvgIpc) is 2.70. The third-order valence-corrected chi connectivity index (χ3v) is 4.33. The van der Waals surface area contributed by atoms with Crippen molar-refractivity contribution in [2.75, 3.05) is 37.9 Å². The molecule has 22 heavy (non-hydrogen) atoms. The molecule has 0 saturated carbocycles. The first-order valence-electron chi connectivity index (χ1n) is 7.57. The number of carbonyl (C=O) groups is 2. The standard InChI is InChI=1S/C16H20N2O4/c1-12(19)10-16(21)13-4-2-3-5-14(13)18(15(16)20)11-17-6-8-22-9-7-17/h2-5,21H,6-11H2,1H3/p+1. The fourth-order valence-corrected chi connectivity index (χ4v) is 3.24. The molecular formula is C16H21N2O4+. The maximum Gasteiger partial charge on any atom is 0.268 e. The van der Waals surface area contributed by atoms with Gasteiger partial charge in [0.15, 0.2) is 12.3 Å². The van der Waals surface area contributed by atoms with Crippen LogP contribution in [-0.4, -0.2) is 49.8 Å². The third kappa shape index (κ3) is 2.54. The van der Waals surface area contributed by atoms with Crippen LogP contribution < -0.4 is 9.80 Å². The minimum Gasteiger partial charge on any atom is -0.375 e. The molecule has 0 bridgehead atoms. The van der Waals surface area contributed by atoms with E-state index >= 15 is 0 Å². The molecule has 6 heteroatoms. The summed E-state index contributed by atoms with van der Waals surface area (Å²) in [6.45, 7) is 4.89. The first-order valence-corrected chi connectivity index (χ1v) is 7.57. The predicted molar refractivity (Wildman–Crippen MR) is 79.5 cm³/mol. The van der Waals surface area contributed by atoms with Crippen molar-refractivity contribution >= 4 is 17.4 Å². The zero-order valence-corrected chi connectivity index (χ0v) is 12.7. The molecule has 2 aliphatic heterocycles. The highest BCUT2D eigenvalue weighted by Crippen LogP contribution is 2.41. The fourth-order valence-electron chi connectivity index (χ4n) is 3.24. The Morgan fingerprint density at radius 3 is 2.73 bits per heavy atom. The van der Waals surface area contributed by atoms with Crippen LogP contribution in [0.4, 0.5) is 5.69 Å². The van der Waals surface area contributed by atoms with Crippen molar-refractivity contribution in [3.8, 4) is 0 Å². The van der Waals surface area contributed by atoms with Crippen LogP contribution in [0.25, 0.3) is 0 Å². The number of nitrogens with one attached hydrogen (secondary N) is 1. The van der Waals surface area contributed by atoms with Gasteiger partial charge in [0.1, 0.15) is 18.9 Å². The van der Waals surface area contributed by atoms with Crippen LogP contribution in [0.5, 0.6) is 0 Å². The summed E-state index contributed by atoms with van der Waals surface area (Å²) in [5, 5.41) is 10.8. The Morgan fingerprint density at radius 2 is 2.05 bits per heavy atom. The highest BCUT2D eigenvalue weighted by Gasteiger charge is 2.51. The van der Waals surface area contributed by atoms with Crippen molar-refractivity contribution in [3.05, 3.63) is 29.8 Å². The van der Waals surface area contributed by atoms with E-state index < -0.39 is 11.5 Å². The van der Waals surface area contributed by atoms with E-state index in [1.807, 2.05) is 12.1 Å². The second kappa shape index (κ2) is 5.79. The van der Waals surface area contributed by atoms with Gasteiger partial charge in [-0.3, -0.25) is 14.5 Å². The molecule has 1 aromatic carbocycles. The first kappa shape index (κ1) is 15.1. The number of rotatable bonds is 4. The molecule has 0 spiro atoms. The maximum atomic E-state index is 12.8. The van der Waals surface area contributed by atoms with E-state index in [4.69, 9.17) is 4.74 Å². The van der Waals surface area contributed by atoms with Gasteiger partial charge >= 0.3 is 0 Å². The molecule has 6 nitrogen and oxygen atoms in total. The molecule has 0 aromatic heterocycles. The number of aliphatic hydroxyl groups is 1. The van der Waals surface area contributed by atoms with Crippen molar-refractivity contribution in [1.29, 1.82) is 0 Å². The number of ketones is 1. The molecule has 1 saturated heterocycles. The number of carbonyl (C=O) groups excluding carboxylic acids is 2. The summed E-state index contributed by atoms with van der Waals surface area (Å²) in [5.41, 5.74) is -0.494. The molecule has 1 amide bonds. The Hall–Kier alpha value is -1.76. The maximum absolute atomic E-state index is 12.8. The molecule has 1 atom stereocenters. The van der Waals surface area contributed by atoms with Crippen LogP contribution in [0, 0.1) is 0 Å². The minimum atomic E-state index is -1.73. The van der Waals surface area contributed by atoms with Crippen molar-refractivity contribution in [2.45, 2.75) is 18.9 Å². The Labute approximate surface area is 129 Å². The van der Waals surface area contributed by atoms with E-state index in [2.05, 4.69) is 0 Å². The Kier molecular flexibility index (Phi) is 3.99. The number of ether oxygens (including phenoxy) is 1. The van der Waals surface area contributed by atoms with Gasteiger partial charge in [0.2, 0.25) is 0 Å². The van der Waals surface area contributed by atoms with E-state index in [1.54, 1.807) is 17.0 Å². The molecule has 2 heterocycles. The lowest BCUT2D eigenvalue weighted by Gasteiger charge is -2.29. The van der Waals surface area contributed by atoms with E-state index in [9.17, 15) is 14.7 Å². The molecular weight excluding hydrogens is 284 g/mol. The molecule has 1 unspecified atom stereocenters.